The molecule has 0 bridgehead atoms. The summed E-state index contributed by atoms with van der Waals surface area (Å²) in [4.78, 5) is 46.4. The Bertz CT molecular complexity index is 9920. The van der Waals surface area contributed by atoms with Gasteiger partial charge < -0.3 is 13.7 Å². The van der Waals surface area contributed by atoms with Gasteiger partial charge in [0.05, 0.1) is 61.1 Å². The monoisotopic (exact) mass is 1840 g/mol. The second-order valence-electron chi connectivity index (χ2n) is 36.5. The van der Waals surface area contributed by atoms with E-state index in [1.54, 1.807) is 0 Å². The fourth-order valence-corrected chi connectivity index (χ4v) is 22.3. The molecule has 1 aliphatic rings. The maximum atomic E-state index is 5.25. The molecule has 0 saturated carbocycles. The van der Waals surface area contributed by atoms with E-state index in [-0.39, 0.29) is 5.92 Å². The summed E-state index contributed by atoms with van der Waals surface area (Å²) in [6.45, 7) is 0. The summed E-state index contributed by atoms with van der Waals surface area (Å²) in [6.07, 6.45) is 0. The first kappa shape index (κ1) is 82.7. The Hall–Kier alpha value is -19.6. The molecule has 0 aliphatic heterocycles. The summed E-state index contributed by atoms with van der Waals surface area (Å²) >= 11 is 0. The van der Waals surface area contributed by atoms with Crippen molar-refractivity contribution in [3.8, 4) is 108 Å². The van der Waals surface area contributed by atoms with Crippen molar-refractivity contribution in [3.05, 3.63) is 508 Å². The Kier molecular flexibility index (Phi) is 19.7. The minimum atomic E-state index is -0.167. The third-order valence-corrected chi connectivity index (χ3v) is 28.4. The van der Waals surface area contributed by atoms with Crippen LogP contribution in [0, 0.1) is 0 Å². The molecule has 21 aromatic carbocycles. The average molecular weight is 1840 g/mol. The molecule has 30 rings (SSSR count). The van der Waals surface area contributed by atoms with Crippen LogP contribution in [0.3, 0.4) is 0 Å². The molecule has 1 unspecified atom stereocenters. The van der Waals surface area contributed by atoms with E-state index in [1.165, 1.54) is 103 Å². The van der Waals surface area contributed by atoms with Gasteiger partial charge in [-0.2, -0.15) is 19.9 Å². The molecule has 8 aromatic heterocycles. The molecule has 0 fully saturated rings. The summed E-state index contributed by atoms with van der Waals surface area (Å²) in [5, 5.41) is 19.2. The molecular formula is C130H82N14. The van der Waals surface area contributed by atoms with Gasteiger partial charge in [0.1, 0.15) is 5.82 Å². The highest BCUT2D eigenvalue weighted by Gasteiger charge is 2.37. The molecule has 14 nitrogen and oxygen atoms in total. The number of hydrogen-bond acceptors (Lipinski definition) is 9. The molecule has 0 saturated heterocycles. The molecule has 0 radical (unpaired) electrons. The van der Waals surface area contributed by atoms with Crippen molar-refractivity contribution in [2.24, 2.45) is 0 Å². The highest BCUT2D eigenvalue weighted by molar-refractivity contribution is 6.37. The summed E-state index contributed by atoms with van der Waals surface area (Å²) in [6, 6.07) is 172. The first-order chi connectivity index (χ1) is 71.5. The molecule has 672 valence electrons. The number of hydrogen-bond donors (Lipinski definition) is 0. The van der Waals surface area contributed by atoms with Gasteiger partial charge in [-0.25, -0.2) is 24.9 Å². The number of fused-ring (bicyclic) bond motifs is 28. The largest absolute Gasteiger partial charge is 0.309 e. The van der Waals surface area contributed by atoms with E-state index in [0.29, 0.717) is 46.8 Å². The van der Waals surface area contributed by atoms with E-state index in [9.17, 15) is 0 Å². The number of para-hydroxylation sites is 7. The van der Waals surface area contributed by atoms with Crippen LogP contribution in [0.15, 0.2) is 491 Å². The van der Waals surface area contributed by atoms with Crippen LogP contribution in [0.25, 0.3) is 250 Å². The lowest BCUT2D eigenvalue weighted by atomic mass is 9.90. The molecular weight excluding hydrogens is 1760 g/mol. The first-order valence-corrected chi connectivity index (χ1v) is 48.6. The number of rotatable bonds is 12. The van der Waals surface area contributed by atoms with Crippen LogP contribution in [0.4, 0.5) is 0 Å². The molecule has 144 heavy (non-hydrogen) atoms. The molecule has 14 heteroatoms. The van der Waals surface area contributed by atoms with E-state index < -0.39 is 0 Å². The molecule has 8 heterocycles. The number of nitrogens with zero attached hydrogens (tertiary/aromatic N) is 14. The maximum Gasteiger partial charge on any atom is 0.238 e. The van der Waals surface area contributed by atoms with Gasteiger partial charge in [0, 0.05) is 110 Å². The third-order valence-electron chi connectivity index (χ3n) is 28.4. The fraction of sp³-hybridized carbons (Fsp3) is 0.00769. The Labute approximate surface area is 826 Å². The maximum absolute atomic E-state index is 5.25. The van der Waals surface area contributed by atoms with Gasteiger partial charge in [0.2, 0.25) is 11.9 Å². The highest BCUT2D eigenvalue weighted by atomic mass is 15.2. The van der Waals surface area contributed by atoms with Gasteiger partial charge in [-0.3, -0.25) is 9.13 Å². The zero-order chi connectivity index (χ0) is 94.8. The molecule has 29 aromatic rings. The summed E-state index contributed by atoms with van der Waals surface area (Å²) in [5.74, 6) is 5.63. The van der Waals surface area contributed by atoms with Crippen molar-refractivity contribution in [1.82, 2.24) is 67.7 Å². The van der Waals surface area contributed by atoms with Gasteiger partial charge in [-0.05, 0) is 116 Å². The van der Waals surface area contributed by atoms with Crippen molar-refractivity contribution in [2.45, 2.75) is 5.92 Å². The Balaban J connectivity index is 0.000000105. The zero-order valence-corrected chi connectivity index (χ0v) is 77.6. The zero-order valence-electron chi connectivity index (χ0n) is 77.6. The van der Waals surface area contributed by atoms with Crippen molar-refractivity contribution < 1.29 is 0 Å². The highest BCUT2D eigenvalue weighted by Crippen LogP contribution is 2.54. The van der Waals surface area contributed by atoms with Crippen LogP contribution in [-0.4, -0.2) is 67.7 Å². The molecule has 0 spiro atoms. The van der Waals surface area contributed by atoms with E-state index in [0.717, 1.165) is 117 Å². The smallest absolute Gasteiger partial charge is 0.238 e. The number of benzene rings is 21. The molecule has 0 N–H and O–H groups in total. The van der Waals surface area contributed by atoms with Crippen LogP contribution in [0.1, 0.15) is 22.9 Å². The lowest BCUT2D eigenvalue weighted by molar-refractivity contribution is 0.860. The van der Waals surface area contributed by atoms with Crippen LogP contribution in [-0.2, 0) is 0 Å². The standard InChI is InChI=1S/C44H28N4.2C43H27N5/c1-4-14-28(15-5-1)42-45-43(29-16-6-2-7-17-29)47-44(46-42)40-33-22-11-10-20-31(33)34-24-27-37-35(39(34)40)25-26-36-32-21-12-13-23-38(32)48(41(36)37)30-18-8-3-9-19-30;1-4-16-28(17-5-1)41-44-42(29-18-6-2-7-19-29)46-43(45-41)48-36-27-15-13-25-34(36)38-32-23-11-10-22-31(32)37-33-24-12-14-26-35(33)47(39(37)40(38)48)30-20-8-3-9-21-30;1-4-15-29(16-5-1)41-44-42(30-17-6-2-7-18-30)46-43(45-41)48-36-23-13-12-22-33(36)34-25-26-35-38-32-21-11-10-14-28(32)24-27-37(38)47(40(35)39(34)48)31-19-8-3-9-20-31/h1-27,40H;2*1-27H. The SMILES string of the molecule is c1ccc(-c2nc(-c3ccccc3)nc(-n3c4ccccc4c4c5ccccc5c5c6ccccc6n(-c6ccccc6)c5c43)n2)cc1.c1ccc(-c2nc(-c3ccccc3)nc(-n3c4ccccc4c4ccc5c6c7ccccc7ccc6n(-c6ccccc6)c5c43)n2)cc1.c1ccc(-c2nc(-c3ccccc3)nc(C3c4ccccc4-c4ccc5c(ccc6c7ccccc7n(-c7ccccc7)c56)c43)n2)cc1. The van der Waals surface area contributed by atoms with E-state index in [2.05, 4.69) is 405 Å². The van der Waals surface area contributed by atoms with E-state index >= 15 is 0 Å². The van der Waals surface area contributed by atoms with Crippen LogP contribution < -0.4 is 0 Å². The third kappa shape index (κ3) is 13.5. The Morgan fingerprint density at radius 3 is 0.917 bits per heavy atom. The number of aromatic nitrogens is 14. The minimum absolute atomic E-state index is 0.167. The van der Waals surface area contributed by atoms with Crippen LogP contribution in [0.2, 0.25) is 0 Å². The van der Waals surface area contributed by atoms with Gasteiger partial charge in [-0.15, -0.1) is 0 Å². The topological polar surface area (TPSA) is 141 Å². The van der Waals surface area contributed by atoms with E-state index in [4.69, 9.17) is 44.9 Å². The summed E-state index contributed by atoms with van der Waals surface area (Å²) in [5.41, 5.74) is 25.1. The second-order valence-corrected chi connectivity index (χ2v) is 36.5. The van der Waals surface area contributed by atoms with Crippen LogP contribution in [0.5, 0.6) is 0 Å². The molecule has 1 aliphatic carbocycles. The lowest BCUT2D eigenvalue weighted by Crippen LogP contribution is -2.09. The summed E-state index contributed by atoms with van der Waals surface area (Å²) in [7, 11) is 0. The van der Waals surface area contributed by atoms with Crippen LogP contribution >= 0.6 is 0 Å². The van der Waals surface area contributed by atoms with Gasteiger partial charge in [0.15, 0.2) is 34.9 Å². The fourth-order valence-electron chi connectivity index (χ4n) is 22.3. The summed E-state index contributed by atoms with van der Waals surface area (Å²) < 4.78 is 11.7. The Morgan fingerprint density at radius 1 is 0.160 bits per heavy atom. The predicted molar refractivity (Wildman–Crippen MR) is 589 cm³/mol. The lowest BCUT2D eigenvalue weighted by Gasteiger charge is -2.17. The van der Waals surface area contributed by atoms with Gasteiger partial charge >= 0.3 is 0 Å². The first-order valence-electron chi connectivity index (χ1n) is 48.6. The van der Waals surface area contributed by atoms with Gasteiger partial charge in [-0.1, -0.05) is 425 Å². The predicted octanol–water partition coefficient (Wildman–Crippen LogP) is 31.7. The van der Waals surface area contributed by atoms with Gasteiger partial charge in [0.25, 0.3) is 0 Å². The molecule has 1 atom stereocenters. The second kappa shape index (κ2) is 34.2. The van der Waals surface area contributed by atoms with Crippen molar-refractivity contribution in [3.63, 3.8) is 0 Å². The minimum Gasteiger partial charge on any atom is -0.309 e. The van der Waals surface area contributed by atoms with Crippen molar-refractivity contribution in [2.75, 3.05) is 0 Å². The average Bonchev–Trinajstić information content (AvgIpc) is 1.53. The normalized spacial score (nSPS) is 12.4. The quantitative estimate of drug-likeness (QED) is 0.117. The molecule has 0 amide bonds. The van der Waals surface area contributed by atoms with Crippen molar-refractivity contribution >= 4 is 141 Å². The Morgan fingerprint density at radius 2 is 0.458 bits per heavy atom. The van der Waals surface area contributed by atoms with E-state index in [1.807, 2.05) is 109 Å². The van der Waals surface area contributed by atoms with Crippen molar-refractivity contribution in [1.29, 1.82) is 0 Å².